The zero-order chi connectivity index (χ0) is 7.47. The van der Waals surface area contributed by atoms with Crippen LogP contribution in [0.3, 0.4) is 0 Å². The Balaban J connectivity index is 1.87. The molecule has 0 aliphatic carbocycles. The van der Waals surface area contributed by atoms with Crippen LogP contribution in [0.2, 0.25) is 0 Å². The van der Waals surface area contributed by atoms with Gasteiger partial charge in [0.15, 0.2) is 0 Å². The van der Waals surface area contributed by atoms with Crippen LogP contribution >= 0.6 is 0 Å². The number of hydrogen-bond acceptors (Lipinski definition) is 2. The number of amides is 2. The second-order valence-electron chi connectivity index (χ2n) is 3.64. The number of hydrogen-bond donors (Lipinski definition) is 1. The molecule has 60 valence electrons. The summed E-state index contributed by atoms with van der Waals surface area (Å²) in [5, 5.41) is 2.82. The van der Waals surface area contributed by atoms with Crippen molar-refractivity contribution in [2.75, 3.05) is 19.7 Å². The first-order valence-corrected chi connectivity index (χ1v) is 3.98. The van der Waals surface area contributed by atoms with E-state index in [4.69, 9.17) is 4.74 Å². The zero-order valence-corrected chi connectivity index (χ0v) is 6.17. The molecule has 3 fully saturated rings. The summed E-state index contributed by atoms with van der Waals surface area (Å²) in [6, 6.07) is 0.493. The van der Waals surface area contributed by atoms with Gasteiger partial charge in [-0.15, -0.1) is 0 Å². The number of fused-ring (bicyclic) bond motifs is 1. The zero-order valence-electron chi connectivity index (χ0n) is 6.17. The SMILES string of the molecule is O=C1NCC2CC3(CO3)CN12. The number of epoxide rings is 1. The van der Waals surface area contributed by atoms with E-state index in [1.54, 1.807) is 0 Å². The number of nitrogens with zero attached hydrogens (tertiary/aromatic N) is 1. The monoisotopic (exact) mass is 154 g/mol. The third-order valence-corrected chi connectivity index (χ3v) is 2.81. The van der Waals surface area contributed by atoms with Crippen molar-refractivity contribution < 1.29 is 9.53 Å². The van der Waals surface area contributed by atoms with Crippen molar-refractivity contribution in [3.05, 3.63) is 0 Å². The lowest BCUT2D eigenvalue weighted by Gasteiger charge is -2.10. The lowest BCUT2D eigenvalue weighted by Crippen LogP contribution is -2.31. The number of urea groups is 1. The van der Waals surface area contributed by atoms with Gasteiger partial charge in [-0.2, -0.15) is 0 Å². The third-order valence-electron chi connectivity index (χ3n) is 2.81. The molecule has 2 unspecified atom stereocenters. The van der Waals surface area contributed by atoms with Gasteiger partial charge in [-0.25, -0.2) is 4.79 Å². The average molecular weight is 154 g/mol. The summed E-state index contributed by atoms with van der Waals surface area (Å²) in [6.07, 6.45) is 1.03. The van der Waals surface area contributed by atoms with Crippen molar-refractivity contribution in [2.24, 2.45) is 0 Å². The summed E-state index contributed by atoms with van der Waals surface area (Å²) < 4.78 is 5.32. The Morgan fingerprint density at radius 3 is 3.18 bits per heavy atom. The molecule has 0 saturated carbocycles. The molecule has 0 aromatic rings. The van der Waals surface area contributed by atoms with E-state index in [0.717, 1.165) is 26.1 Å². The molecule has 3 aliphatic heterocycles. The second-order valence-corrected chi connectivity index (χ2v) is 3.64. The van der Waals surface area contributed by atoms with Gasteiger partial charge in [-0.1, -0.05) is 0 Å². The third kappa shape index (κ3) is 0.651. The molecule has 1 N–H and O–H groups in total. The average Bonchev–Trinajstić information content (AvgIpc) is 2.48. The number of ether oxygens (including phenoxy) is 1. The summed E-state index contributed by atoms with van der Waals surface area (Å²) in [6.45, 7) is 2.47. The maximum Gasteiger partial charge on any atom is 0.317 e. The molecule has 2 atom stereocenters. The molecule has 11 heavy (non-hydrogen) atoms. The minimum absolute atomic E-state index is 0.0855. The van der Waals surface area contributed by atoms with Crippen LogP contribution in [0.15, 0.2) is 0 Å². The van der Waals surface area contributed by atoms with Crippen molar-refractivity contribution in [3.63, 3.8) is 0 Å². The van der Waals surface area contributed by atoms with E-state index >= 15 is 0 Å². The van der Waals surface area contributed by atoms with Crippen LogP contribution in [0, 0.1) is 0 Å². The van der Waals surface area contributed by atoms with Crippen LogP contribution in [-0.4, -0.2) is 42.3 Å². The maximum atomic E-state index is 11.1. The van der Waals surface area contributed by atoms with Crippen LogP contribution < -0.4 is 5.32 Å². The molecule has 3 saturated heterocycles. The first-order chi connectivity index (χ1) is 5.29. The fraction of sp³-hybridized carbons (Fsp3) is 0.857. The summed E-state index contributed by atoms with van der Waals surface area (Å²) in [5.41, 5.74) is 0.0857. The molecular weight excluding hydrogens is 144 g/mol. The molecule has 3 heterocycles. The molecule has 4 nitrogen and oxygen atoms in total. The van der Waals surface area contributed by atoms with Gasteiger partial charge in [0, 0.05) is 13.0 Å². The predicted octanol–water partition coefficient (Wildman–Crippen LogP) is -0.447. The molecule has 0 radical (unpaired) electrons. The highest BCUT2D eigenvalue weighted by molar-refractivity contribution is 5.77. The molecule has 0 aromatic carbocycles. The van der Waals surface area contributed by atoms with Gasteiger partial charge in [-0.05, 0) is 0 Å². The fourth-order valence-electron chi connectivity index (χ4n) is 2.08. The molecular formula is C7H10N2O2. The number of rotatable bonds is 0. The Labute approximate surface area is 64.5 Å². The molecule has 2 amide bonds. The normalized spacial score (nSPS) is 46.4. The van der Waals surface area contributed by atoms with Crippen LogP contribution in [-0.2, 0) is 4.74 Å². The quantitative estimate of drug-likeness (QED) is 0.480. The van der Waals surface area contributed by atoms with E-state index in [1.807, 2.05) is 4.90 Å². The largest absolute Gasteiger partial charge is 0.368 e. The van der Waals surface area contributed by atoms with Crippen molar-refractivity contribution in [2.45, 2.75) is 18.1 Å². The Kier molecular flexibility index (Phi) is 0.809. The van der Waals surface area contributed by atoms with Crippen LogP contribution in [0.5, 0.6) is 0 Å². The van der Waals surface area contributed by atoms with Crippen LogP contribution in [0.4, 0.5) is 4.79 Å². The molecule has 3 aliphatic rings. The summed E-state index contributed by atoms with van der Waals surface area (Å²) in [7, 11) is 0. The van der Waals surface area contributed by atoms with Gasteiger partial charge in [0.05, 0.1) is 19.2 Å². The molecule has 3 rings (SSSR count). The Bertz CT molecular complexity index is 224. The first kappa shape index (κ1) is 5.83. The lowest BCUT2D eigenvalue weighted by atomic mass is 10.1. The summed E-state index contributed by atoms with van der Waals surface area (Å²) >= 11 is 0. The highest BCUT2D eigenvalue weighted by atomic mass is 16.6. The second kappa shape index (κ2) is 1.53. The highest BCUT2D eigenvalue weighted by Gasteiger charge is 2.57. The summed E-state index contributed by atoms with van der Waals surface area (Å²) in [5.74, 6) is 0. The molecule has 0 bridgehead atoms. The van der Waals surface area contributed by atoms with Crippen LogP contribution in [0.1, 0.15) is 6.42 Å². The van der Waals surface area contributed by atoms with E-state index in [2.05, 4.69) is 5.32 Å². The van der Waals surface area contributed by atoms with E-state index < -0.39 is 0 Å². The molecule has 0 aromatic heterocycles. The van der Waals surface area contributed by atoms with Crippen molar-refractivity contribution in [1.82, 2.24) is 10.2 Å². The van der Waals surface area contributed by atoms with Crippen molar-refractivity contribution in [1.29, 1.82) is 0 Å². The predicted molar refractivity (Wildman–Crippen MR) is 37.2 cm³/mol. The summed E-state index contributed by atoms with van der Waals surface area (Å²) in [4.78, 5) is 13.0. The minimum atomic E-state index is 0.0855. The number of carbonyl (C=O) groups is 1. The maximum absolute atomic E-state index is 11.1. The van der Waals surface area contributed by atoms with Crippen molar-refractivity contribution in [3.8, 4) is 0 Å². The van der Waals surface area contributed by atoms with Gasteiger partial charge in [0.25, 0.3) is 0 Å². The van der Waals surface area contributed by atoms with E-state index in [9.17, 15) is 4.79 Å². The molecule has 1 spiro atoms. The van der Waals surface area contributed by atoms with Gasteiger partial charge in [0.2, 0.25) is 0 Å². The van der Waals surface area contributed by atoms with E-state index in [-0.39, 0.29) is 11.6 Å². The topological polar surface area (TPSA) is 44.9 Å². The standard InChI is InChI=1S/C7H10N2O2/c10-6-8-2-5-1-7(4-11-7)3-9(5)6/h5H,1-4H2,(H,8,10). The fourth-order valence-corrected chi connectivity index (χ4v) is 2.08. The van der Waals surface area contributed by atoms with Crippen LogP contribution in [0.25, 0.3) is 0 Å². The first-order valence-electron chi connectivity index (χ1n) is 3.98. The Morgan fingerprint density at radius 1 is 1.73 bits per heavy atom. The van der Waals surface area contributed by atoms with E-state index in [1.165, 1.54) is 0 Å². The molecule has 4 heteroatoms. The Morgan fingerprint density at radius 2 is 2.55 bits per heavy atom. The smallest absolute Gasteiger partial charge is 0.317 e. The number of carbonyl (C=O) groups excluding carboxylic acids is 1. The van der Waals surface area contributed by atoms with Gasteiger partial charge >= 0.3 is 6.03 Å². The highest BCUT2D eigenvalue weighted by Crippen LogP contribution is 2.41. The van der Waals surface area contributed by atoms with E-state index in [0.29, 0.717) is 6.04 Å². The van der Waals surface area contributed by atoms with Gasteiger partial charge in [0.1, 0.15) is 5.60 Å². The minimum Gasteiger partial charge on any atom is -0.368 e. The van der Waals surface area contributed by atoms with Gasteiger partial charge in [-0.3, -0.25) is 0 Å². The van der Waals surface area contributed by atoms with Gasteiger partial charge < -0.3 is 15.0 Å². The lowest BCUT2D eigenvalue weighted by molar-refractivity contribution is 0.211. The number of nitrogens with one attached hydrogen (secondary N) is 1. The van der Waals surface area contributed by atoms with Crippen molar-refractivity contribution >= 4 is 6.03 Å². The Hall–Kier alpha value is -0.770.